The number of hydrogen-bond acceptors (Lipinski definition) is 2. The van der Waals surface area contributed by atoms with E-state index in [4.69, 9.17) is 9.31 Å². The monoisotopic (exact) mass is 244 g/mol. The first-order valence-corrected chi connectivity index (χ1v) is 7.65. The molecule has 7 aliphatic rings. The van der Waals surface area contributed by atoms with Crippen LogP contribution in [0.4, 0.5) is 0 Å². The van der Waals surface area contributed by atoms with E-state index in [0.29, 0.717) is 5.31 Å². The Bertz CT molecular complexity index is 453. The van der Waals surface area contributed by atoms with Crippen molar-refractivity contribution in [2.24, 2.45) is 40.9 Å². The maximum atomic E-state index is 6.38. The maximum absolute atomic E-state index is 6.38. The highest BCUT2D eigenvalue weighted by molar-refractivity contribution is 6.52. The molecular formula is C15H21BO2. The molecule has 0 amide bonds. The average Bonchev–Trinajstić information content (AvgIpc) is 2.48. The van der Waals surface area contributed by atoms with E-state index in [1.807, 2.05) is 0 Å². The van der Waals surface area contributed by atoms with Crippen LogP contribution in [-0.2, 0) is 9.31 Å². The van der Waals surface area contributed by atoms with Gasteiger partial charge in [-0.2, -0.15) is 0 Å². The summed E-state index contributed by atoms with van der Waals surface area (Å²) in [5, 5.41) is 0.489. The summed E-state index contributed by atoms with van der Waals surface area (Å²) in [5.74, 6) is 6.15. The Morgan fingerprint density at radius 2 is 1.06 bits per heavy atom. The van der Waals surface area contributed by atoms with Crippen LogP contribution >= 0.6 is 0 Å². The molecule has 7 rings (SSSR count). The van der Waals surface area contributed by atoms with Crippen LogP contribution in [-0.4, -0.2) is 18.3 Å². The molecule has 1 aliphatic heterocycles. The number of rotatable bonds is 1. The molecular weight excluding hydrogens is 223 g/mol. The van der Waals surface area contributed by atoms with Crippen molar-refractivity contribution in [2.45, 2.75) is 51.1 Å². The average molecular weight is 244 g/mol. The molecule has 0 aromatic rings. The summed E-state index contributed by atoms with van der Waals surface area (Å²) in [4.78, 5) is 0. The fourth-order valence-corrected chi connectivity index (χ4v) is 7.67. The highest BCUT2D eigenvalue weighted by Gasteiger charge is 3.10. The van der Waals surface area contributed by atoms with Gasteiger partial charge in [-0.25, -0.2) is 0 Å². The first kappa shape index (κ1) is 9.82. The van der Waals surface area contributed by atoms with Crippen molar-refractivity contribution in [3.05, 3.63) is 0 Å². The van der Waals surface area contributed by atoms with Gasteiger partial charge in [0.1, 0.15) is 0 Å². The van der Waals surface area contributed by atoms with Gasteiger partial charge in [0.15, 0.2) is 0 Å². The molecule has 7 fully saturated rings. The lowest BCUT2D eigenvalue weighted by atomic mass is 8.88. The summed E-state index contributed by atoms with van der Waals surface area (Å²) in [6.45, 7) is 11.3. The van der Waals surface area contributed by atoms with Gasteiger partial charge < -0.3 is 9.31 Å². The van der Waals surface area contributed by atoms with Crippen LogP contribution in [0.2, 0.25) is 5.31 Å². The molecule has 1 heterocycles. The predicted molar refractivity (Wildman–Crippen MR) is 67.8 cm³/mol. The van der Waals surface area contributed by atoms with Crippen molar-refractivity contribution in [1.82, 2.24) is 0 Å². The van der Waals surface area contributed by atoms with Gasteiger partial charge in [-0.3, -0.25) is 0 Å². The topological polar surface area (TPSA) is 18.5 Å². The van der Waals surface area contributed by atoms with E-state index in [-0.39, 0.29) is 18.3 Å². The van der Waals surface area contributed by atoms with Gasteiger partial charge in [0.05, 0.1) is 11.2 Å². The second kappa shape index (κ2) is 1.97. The Labute approximate surface area is 109 Å². The Hall–Kier alpha value is -0.0151. The fraction of sp³-hybridized carbons (Fsp3) is 1.00. The zero-order chi connectivity index (χ0) is 12.5. The van der Waals surface area contributed by atoms with Crippen LogP contribution in [0.5, 0.6) is 0 Å². The van der Waals surface area contributed by atoms with Crippen molar-refractivity contribution < 1.29 is 9.31 Å². The van der Waals surface area contributed by atoms with Gasteiger partial charge in [-0.15, -0.1) is 0 Å². The zero-order valence-electron chi connectivity index (χ0n) is 11.9. The van der Waals surface area contributed by atoms with Crippen molar-refractivity contribution in [3.8, 4) is 0 Å². The Morgan fingerprint density at radius 3 is 1.44 bits per heavy atom. The quantitative estimate of drug-likeness (QED) is 0.660. The molecule has 0 aromatic heterocycles. The van der Waals surface area contributed by atoms with Gasteiger partial charge in [0.2, 0.25) is 0 Å². The highest BCUT2D eigenvalue weighted by atomic mass is 16.7. The minimum absolute atomic E-state index is 0.107. The van der Waals surface area contributed by atoms with E-state index >= 15 is 0 Å². The molecule has 18 heavy (non-hydrogen) atoms. The Balaban J connectivity index is 1.38. The molecule has 3 heteroatoms. The molecule has 0 atom stereocenters. The van der Waals surface area contributed by atoms with Gasteiger partial charge in [0.25, 0.3) is 0 Å². The first-order chi connectivity index (χ1) is 8.29. The summed E-state index contributed by atoms with van der Waals surface area (Å²) in [6.07, 6.45) is 0. The second-order valence-corrected chi connectivity index (χ2v) is 9.11. The first-order valence-electron chi connectivity index (χ1n) is 7.65. The van der Waals surface area contributed by atoms with E-state index in [9.17, 15) is 0 Å². The highest BCUT2D eigenvalue weighted by Crippen LogP contribution is 3.13. The van der Waals surface area contributed by atoms with Crippen LogP contribution < -0.4 is 0 Å². The van der Waals surface area contributed by atoms with Crippen LogP contribution in [0, 0.1) is 40.9 Å². The molecule has 0 aromatic carbocycles. The lowest BCUT2D eigenvalue weighted by Gasteiger charge is -3.11. The van der Waals surface area contributed by atoms with Gasteiger partial charge in [-0.05, 0) is 68.6 Å². The van der Waals surface area contributed by atoms with E-state index in [1.165, 1.54) is 0 Å². The van der Waals surface area contributed by atoms with E-state index in [2.05, 4.69) is 34.6 Å². The minimum Gasteiger partial charge on any atom is -0.403 e. The molecule has 0 unspecified atom stereocenters. The molecule has 0 N–H and O–H groups in total. The van der Waals surface area contributed by atoms with Crippen molar-refractivity contribution in [3.63, 3.8) is 0 Å². The van der Waals surface area contributed by atoms with Gasteiger partial charge >= 0.3 is 7.12 Å². The Kier molecular flexibility index (Phi) is 1.07. The molecule has 96 valence electrons. The van der Waals surface area contributed by atoms with E-state index in [1.54, 1.807) is 0 Å². The molecule has 1 saturated heterocycles. The smallest absolute Gasteiger partial charge is 0.403 e. The third-order valence-corrected chi connectivity index (χ3v) is 8.87. The zero-order valence-corrected chi connectivity index (χ0v) is 11.9. The SMILES string of the molecule is CC12C3C4C1C1C2C3C41B1OC(C)(C)C(C)(C)O1. The lowest BCUT2D eigenvalue weighted by molar-refractivity contribution is -0.603. The third kappa shape index (κ3) is 0.497. The van der Waals surface area contributed by atoms with Crippen molar-refractivity contribution in [2.75, 3.05) is 0 Å². The summed E-state index contributed by atoms with van der Waals surface area (Å²) in [6, 6.07) is 0. The minimum atomic E-state index is -0.142. The molecule has 6 aliphatic carbocycles. The maximum Gasteiger partial charge on any atom is 0.465 e. The van der Waals surface area contributed by atoms with Crippen LogP contribution in [0.15, 0.2) is 0 Å². The summed E-state index contributed by atoms with van der Waals surface area (Å²) >= 11 is 0. The fourth-order valence-electron chi connectivity index (χ4n) is 7.67. The molecule has 6 saturated carbocycles. The summed E-state index contributed by atoms with van der Waals surface area (Å²) < 4.78 is 12.8. The van der Waals surface area contributed by atoms with Crippen molar-refractivity contribution >= 4 is 7.12 Å². The molecule has 0 radical (unpaired) electrons. The van der Waals surface area contributed by atoms with Gasteiger partial charge in [-0.1, -0.05) is 6.92 Å². The standard InChI is InChI=1S/C15H21BO2/c1-12(2)13(3,4)18-16(17-12)15-9-6-10(15)8-11(15)7(9)14(6,8)5/h6-11H,1-5H3. The van der Waals surface area contributed by atoms with Crippen LogP contribution in [0.3, 0.4) is 0 Å². The summed E-state index contributed by atoms with van der Waals surface area (Å²) in [7, 11) is 0.107. The molecule has 2 nitrogen and oxygen atoms in total. The van der Waals surface area contributed by atoms with Crippen LogP contribution in [0.1, 0.15) is 34.6 Å². The predicted octanol–water partition coefficient (Wildman–Crippen LogP) is 2.59. The molecule has 0 bridgehead atoms. The van der Waals surface area contributed by atoms with E-state index in [0.717, 1.165) is 40.9 Å². The lowest BCUT2D eigenvalue weighted by Crippen LogP contribution is -3.08. The normalized spacial score (nSPS) is 73.5. The Morgan fingerprint density at radius 1 is 0.667 bits per heavy atom. The van der Waals surface area contributed by atoms with Gasteiger partial charge in [0, 0.05) is 5.31 Å². The number of hydrogen-bond donors (Lipinski definition) is 0. The third-order valence-electron chi connectivity index (χ3n) is 8.87. The van der Waals surface area contributed by atoms with Crippen LogP contribution in [0.25, 0.3) is 0 Å². The largest absolute Gasteiger partial charge is 0.465 e. The molecule has 0 spiro atoms. The second-order valence-electron chi connectivity index (χ2n) is 9.11. The van der Waals surface area contributed by atoms with E-state index < -0.39 is 0 Å². The van der Waals surface area contributed by atoms with Crippen molar-refractivity contribution in [1.29, 1.82) is 0 Å². The summed E-state index contributed by atoms with van der Waals surface area (Å²) in [5.41, 5.74) is 0.513.